The van der Waals surface area contributed by atoms with E-state index in [9.17, 15) is 15.0 Å². The maximum Gasteiger partial charge on any atom is 0.307 e. The highest BCUT2D eigenvalue weighted by Crippen LogP contribution is 2.57. The predicted octanol–water partition coefficient (Wildman–Crippen LogP) is -0.161. The number of aliphatic hydroxyl groups excluding tert-OH is 2. The Kier molecular flexibility index (Phi) is 1.69. The third-order valence-corrected chi connectivity index (χ3v) is 3.82. The van der Waals surface area contributed by atoms with Crippen LogP contribution in [-0.4, -0.2) is 33.5 Å². The molecule has 5 unspecified atom stereocenters. The topological polar surface area (TPSA) is 77.8 Å². The van der Waals surface area contributed by atoms with Crippen LogP contribution in [0.3, 0.4) is 0 Å². The summed E-state index contributed by atoms with van der Waals surface area (Å²) < 4.78 is 0. The maximum atomic E-state index is 10.9. The summed E-state index contributed by atoms with van der Waals surface area (Å²) in [4.78, 5) is 10.9. The summed E-state index contributed by atoms with van der Waals surface area (Å²) in [5.74, 6) is -1.37. The predicted molar refractivity (Wildman–Crippen MR) is 44.0 cm³/mol. The zero-order chi connectivity index (χ0) is 9.80. The van der Waals surface area contributed by atoms with Crippen molar-refractivity contribution >= 4 is 5.97 Å². The van der Waals surface area contributed by atoms with Crippen LogP contribution < -0.4 is 0 Å². The van der Waals surface area contributed by atoms with Gasteiger partial charge in [0.2, 0.25) is 0 Å². The SMILES string of the molecule is CC12CC(CC1C(=O)O)C(O)C2O. The summed E-state index contributed by atoms with van der Waals surface area (Å²) >= 11 is 0. The Morgan fingerprint density at radius 2 is 2.08 bits per heavy atom. The summed E-state index contributed by atoms with van der Waals surface area (Å²) in [6.07, 6.45) is -0.455. The first-order chi connectivity index (χ1) is 5.97. The van der Waals surface area contributed by atoms with Gasteiger partial charge < -0.3 is 15.3 Å². The molecule has 0 aromatic carbocycles. The molecule has 0 amide bonds. The van der Waals surface area contributed by atoms with Gasteiger partial charge in [0.25, 0.3) is 0 Å². The fraction of sp³-hybridized carbons (Fsp3) is 0.889. The highest BCUT2D eigenvalue weighted by molar-refractivity contribution is 5.72. The molecule has 0 saturated heterocycles. The van der Waals surface area contributed by atoms with Gasteiger partial charge in [-0.2, -0.15) is 0 Å². The van der Waals surface area contributed by atoms with Crippen molar-refractivity contribution in [1.29, 1.82) is 0 Å². The first kappa shape index (κ1) is 8.97. The summed E-state index contributed by atoms with van der Waals surface area (Å²) in [7, 11) is 0. The van der Waals surface area contributed by atoms with Crippen molar-refractivity contribution in [3.8, 4) is 0 Å². The number of aliphatic hydroxyl groups is 2. The van der Waals surface area contributed by atoms with Crippen LogP contribution in [0.1, 0.15) is 19.8 Å². The Morgan fingerprint density at radius 1 is 1.46 bits per heavy atom. The van der Waals surface area contributed by atoms with E-state index in [0.29, 0.717) is 12.8 Å². The molecule has 0 aliphatic heterocycles. The van der Waals surface area contributed by atoms with Crippen LogP contribution in [0.15, 0.2) is 0 Å². The van der Waals surface area contributed by atoms with Crippen molar-refractivity contribution in [3.63, 3.8) is 0 Å². The smallest absolute Gasteiger partial charge is 0.307 e. The third kappa shape index (κ3) is 0.957. The van der Waals surface area contributed by atoms with Gasteiger partial charge in [0.1, 0.15) is 0 Å². The number of rotatable bonds is 1. The Balaban J connectivity index is 2.29. The van der Waals surface area contributed by atoms with Crippen LogP contribution in [0, 0.1) is 17.3 Å². The van der Waals surface area contributed by atoms with E-state index in [1.807, 2.05) is 0 Å². The van der Waals surface area contributed by atoms with E-state index in [2.05, 4.69) is 0 Å². The summed E-state index contributed by atoms with van der Waals surface area (Å²) in [6.45, 7) is 1.76. The van der Waals surface area contributed by atoms with Gasteiger partial charge in [-0.05, 0) is 18.8 Å². The summed E-state index contributed by atoms with van der Waals surface area (Å²) in [6, 6.07) is 0. The molecule has 4 heteroatoms. The van der Waals surface area contributed by atoms with Crippen molar-refractivity contribution in [2.24, 2.45) is 17.3 Å². The van der Waals surface area contributed by atoms with E-state index in [-0.39, 0.29) is 5.92 Å². The molecule has 2 fully saturated rings. The molecule has 4 nitrogen and oxygen atoms in total. The standard InChI is InChI=1S/C9H14O4/c1-9-3-4(6(10)7(9)11)2-5(9)8(12)13/h4-7,10-11H,2-3H2,1H3,(H,12,13). The van der Waals surface area contributed by atoms with Crippen molar-refractivity contribution in [2.75, 3.05) is 0 Å². The molecule has 0 aromatic rings. The second kappa shape index (κ2) is 2.45. The zero-order valence-electron chi connectivity index (χ0n) is 7.47. The van der Waals surface area contributed by atoms with E-state index >= 15 is 0 Å². The van der Waals surface area contributed by atoms with Crippen molar-refractivity contribution in [1.82, 2.24) is 0 Å². The van der Waals surface area contributed by atoms with E-state index in [1.165, 1.54) is 0 Å². The van der Waals surface area contributed by atoms with Crippen LogP contribution in [0.2, 0.25) is 0 Å². The van der Waals surface area contributed by atoms with Gasteiger partial charge in [0.15, 0.2) is 0 Å². The molecule has 2 rings (SSSR count). The minimum atomic E-state index is -0.868. The second-order valence-corrected chi connectivity index (χ2v) is 4.53. The Labute approximate surface area is 76.2 Å². The van der Waals surface area contributed by atoms with Gasteiger partial charge in [-0.3, -0.25) is 4.79 Å². The number of hydrogen-bond acceptors (Lipinski definition) is 3. The molecule has 2 aliphatic rings. The fourth-order valence-electron chi connectivity index (χ4n) is 2.98. The minimum absolute atomic E-state index is 0.0268. The largest absolute Gasteiger partial charge is 0.481 e. The molecule has 5 atom stereocenters. The van der Waals surface area contributed by atoms with Crippen molar-refractivity contribution in [2.45, 2.75) is 32.0 Å². The van der Waals surface area contributed by atoms with Gasteiger partial charge in [-0.1, -0.05) is 6.92 Å². The molecule has 3 N–H and O–H groups in total. The normalized spacial score (nSPS) is 54.1. The molecule has 74 valence electrons. The van der Waals surface area contributed by atoms with Crippen LogP contribution in [0.4, 0.5) is 0 Å². The maximum absolute atomic E-state index is 10.9. The highest BCUT2D eigenvalue weighted by atomic mass is 16.4. The van der Waals surface area contributed by atoms with Crippen molar-refractivity contribution in [3.05, 3.63) is 0 Å². The lowest BCUT2D eigenvalue weighted by molar-refractivity contribution is -0.153. The average molecular weight is 186 g/mol. The van der Waals surface area contributed by atoms with Crippen molar-refractivity contribution < 1.29 is 20.1 Å². The highest BCUT2D eigenvalue weighted by Gasteiger charge is 2.61. The van der Waals surface area contributed by atoms with Gasteiger partial charge in [0.05, 0.1) is 18.1 Å². The lowest BCUT2D eigenvalue weighted by atomic mass is 9.74. The molecule has 13 heavy (non-hydrogen) atoms. The minimum Gasteiger partial charge on any atom is -0.481 e. The van der Waals surface area contributed by atoms with Gasteiger partial charge in [0, 0.05) is 5.41 Å². The number of carboxylic acid groups (broad SMARTS) is 1. The third-order valence-electron chi connectivity index (χ3n) is 3.82. The van der Waals surface area contributed by atoms with E-state index in [0.717, 1.165) is 0 Å². The molecule has 2 saturated carbocycles. The molecule has 0 aromatic heterocycles. The van der Waals surface area contributed by atoms with E-state index < -0.39 is 29.5 Å². The first-order valence-corrected chi connectivity index (χ1v) is 4.56. The summed E-state index contributed by atoms with van der Waals surface area (Å²) in [5.41, 5.74) is -0.615. The summed E-state index contributed by atoms with van der Waals surface area (Å²) in [5, 5.41) is 28.1. The Morgan fingerprint density at radius 3 is 2.46 bits per heavy atom. The first-order valence-electron chi connectivity index (χ1n) is 4.56. The van der Waals surface area contributed by atoms with Crippen LogP contribution in [0.5, 0.6) is 0 Å². The van der Waals surface area contributed by atoms with Gasteiger partial charge in [-0.15, -0.1) is 0 Å². The quantitative estimate of drug-likeness (QED) is 0.531. The molecule has 2 bridgehead atoms. The number of aliphatic carboxylic acids is 1. The Bertz CT molecular complexity index is 252. The zero-order valence-corrected chi connectivity index (χ0v) is 7.47. The van der Waals surface area contributed by atoms with Crippen LogP contribution in [0.25, 0.3) is 0 Å². The average Bonchev–Trinajstić information content (AvgIpc) is 2.49. The number of carboxylic acids is 1. The molecular weight excluding hydrogens is 172 g/mol. The lowest BCUT2D eigenvalue weighted by Gasteiger charge is -2.35. The van der Waals surface area contributed by atoms with Crippen LogP contribution in [-0.2, 0) is 4.79 Å². The molecule has 0 heterocycles. The number of fused-ring (bicyclic) bond motifs is 2. The van der Waals surface area contributed by atoms with Crippen LogP contribution >= 0.6 is 0 Å². The molecule has 0 spiro atoms. The number of carbonyl (C=O) groups is 1. The second-order valence-electron chi connectivity index (χ2n) is 4.53. The fourth-order valence-corrected chi connectivity index (χ4v) is 2.98. The molecular formula is C9H14O4. The molecule has 0 radical (unpaired) electrons. The van der Waals surface area contributed by atoms with Gasteiger partial charge >= 0.3 is 5.97 Å². The molecule has 2 aliphatic carbocycles. The number of hydrogen-bond donors (Lipinski definition) is 3. The Hall–Kier alpha value is -0.610. The monoisotopic (exact) mass is 186 g/mol. The lowest BCUT2D eigenvalue weighted by Crippen LogP contribution is -2.45. The van der Waals surface area contributed by atoms with E-state index in [4.69, 9.17) is 5.11 Å². The van der Waals surface area contributed by atoms with E-state index in [1.54, 1.807) is 6.92 Å². The van der Waals surface area contributed by atoms with Gasteiger partial charge in [-0.25, -0.2) is 0 Å².